The van der Waals surface area contributed by atoms with E-state index in [0.29, 0.717) is 6.29 Å². The topological polar surface area (TPSA) is 69.1 Å². The maximum atomic E-state index is 10.3. The van der Waals surface area contributed by atoms with Gasteiger partial charge in [0.1, 0.15) is 5.66 Å². The minimum absolute atomic E-state index is 0.0648. The van der Waals surface area contributed by atoms with Crippen LogP contribution in [0.3, 0.4) is 0 Å². The lowest BCUT2D eigenvalue weighted by atomic mass is 9.93. The molecule has 0 radical (unpaired) electrons. The first-order valence-electron chi connectivity index (χ1n) is 3.58. The summed E-state index contributed by atoms with van der Waals surface area (Å²) in [5.41, 5.74) is 9.78. The average Bonchev–Trinajstić information content (AvgIpc) is 1.89. The molecule has 0 fully saturated rings. The van der Waals surface area contributed by atoms with Gasteiger partial charge in [0.05, 0.1) is 0 Å². The van der Waals surface area contributed by atoms with Gasteiger partial charge in [-0.3, -0.25) is 4.79 Å². The fourth-order valence-corrected chi connectivity index (χ4v) is 0.799. The summed E-state index contributed by atoms with van der Waals surface area (Å²) >= 11 is 0. The second kappa shape index (κ2) is 3.68. The fraction of sp³-hybridized carbons (Fsp3) is 0.857. The minimum Gasteiger partial charge on any atom is -0.307 e. The van der Waals surface area contributed by atoms with Crippen molar-refractivity contribution in [2.75, 3.05) is 0 Å². The van der Waals surface area contributed by atoms with Crippen LogP contribution in [0.4, 0.5) is 0 Å². The predicted molar refractivity (Wildman–Crippen MR) is 41.2 cm³/mol. The first-order valence-corrected chi connectivity index (χ1v) is 3.58. The van der Waals surface area contributed by atoms with E-state index in [1.807, 2.05) is 13.8 Å². The Balaban J connectivity index is 3.90. The molecule has 0 aliphatic carbocycles. The van der Waals surface area contributed by atoms with E-state index in [4.69, 9.17) is 11.5 Å². The van der Waals surface area contributed by atoms with Crippen molar-refractivity contribution in [3.63, 3.8) is 0 Å². The molecule has 0 aromatic heterocycles. The molecule has 0 aliphatic rings. The molecule has 0 saturated heterocycles. The van der Waals surface area contributed by atoms with Gasteiger partial charge in [0.15, 0.2) is 6.29 Å². The van der Waals surface area contributed by atoms with E-state index in [9.17, 15) is 4.79 Å². The van der Waals surface area contributed by atoms with Gasteiger partial charge in [-0.25, -0.2) is 0 Å². The molecule has 3 heteroatoms. The number of hydrogen-bond donors (Lipinski definition) is 2. The molecule has 0 amide bonds. The zero-order chi connectivity index (χ0) is 8.20. The molecule has 0 bridgehead atoms. The van der Waals surface area contributed by atoms with E-state index in [1.165, 1.54) is 0 Å². The van der Waals surface area contributed by atoms with Crippen LogP contribution in [0.5, 0.6) is 0 Å². The minimum atomic E-state index is -1.13. The number of hydrogen-bond acceptors (Lipinski definition) is 3. The van der Waals surface area contributed by atoms with Gasteiger partial charge in [-0.15, -0.1) is 0 Å². The Bertz CT molecular complexity index is 112. The zero-order valence-electron chi connectivity index (χ0n) is 6.63. The van der Waals surface area contributed by atoms with Gasteiger partial charge in [0.25, 0.3) is 0 Å². The van der Waals surface area contributed by atoms with Crippen molar-refractivity contribution in [2.24, 2.45) is 17.4 Å². The summed E-state index contributed by atoms with van der Waals surface area (Å²) in [5, 5.41) is 0. The Kier molecular flexibility index (Phi) is 3.53. The maximum Gasteiger partial charge on any atom is 0.154 e. The fourth-order valence-electron chi connectivity index (χ4n) is 0.799. The number of rotatable bonds is 4. The highest BCUT2D eigenvalue weighted by atomic mass is 16.1. The number of nitrogens with two attached hydrogens (primary N) is 2. The molecular formula is C7H16N2O. The molecule has 60 valence electrons. The maximum absolute atomic E-state index is 10.3. The molecule has 0 rings (SSSR count). The van der Waals surface area contributed by atoms with Crippen molar-refractivity contribution in [1.29, 1.82) is 0 Å². The Morgan fingerprint density at radius 2 is 2.10 bits per heavy atom. The molecule has 0 aromatic rings. The van der Waals surface area contributed by atoms with E-state index < -0.39 is 5.66 Å². The van der Waals surface area contributed by atoms with Crippen LogP contribution in [-0.2, 0) is 4.79 Å². The standard InChI is InChI=1S/C7H16N2O/c1-3-4-6(2)7(8,9)5-10/h5-6H,3-4,8-9H2,1-2H3. The van der Waals surface area contributed by atoms with Gasteiger partial charge < -0.3 is 11.5 Å². The molecule has 0 saturated carbocycles. The Hall–Kier alpha value is -0.410. The average molecular weight is 144 g/mol. The van der Waals surface area contributed by atoms with Crippen LogP contribution in [0.15, 0.2) is 0 Å². The van der Waals surface area contributed by atoms with Crippen LogP contribution in [0, 0.1) is 5.92 Å². The van der Waals surface area contributed by atoms with Crippen LogP contribution in [0.1, 0.15) is 26.7 Å². The highest BCUT2D eigenvalue weighted by Gasteiger charge is 2.25. The molecule has 3 nitrogen and oxygen atoms in total. The lowest BCUT2D eigenvalue weighted by molar-refractivity contribution is -0.113. The second-order valence-electron chi connectivity index (χ2n) is 2.81. The third-order valence-corrected chi connectivity index (χ3v) is 1.78. The molecule has 0 aliphatic heterocycles. The number of carbonyl (C=O) groups is 1. The third-order valence-electron chi connectivity index (χ3n) is 1.78. The normalized spacial score (nSPS) is 14.8. The highest BCUT2D eigenvalue weighted by molar-refractivity contribution is 5.62. The molecule has 0 heterocycles. The van der Waals surface area contributed by atoms with Crippen molar-refractivity contribution < 1.29 is 4.79 Å². The summed E-state index contributed by atoms with van der Waals surface area (Å²) in [4.78, 5) is 10.3. The van der Waals surface area contributed by atoms with Gasteiger partial charge in [-0.2, -0.15) is 0 Å². The lowest BCUT2D eigenvalue weighted by Gasteiger charge is -2.24. The zero-order valence-corrected chi connectivity index (χ0v) is 6.63. The molecule has 0 aromatic carbocycles. The predicted octanol–water partition coefficient (Wildman–Crippen LogP) is 0.235. The van der Waals surface area contributed by atoms with Crippen molar-refractivity contribution in [1.82, 2.24) is 0 Å². The monoisotopic (exact) mass is 144 g/mol. The summed E-state index contributed by atoms with van der Waals surface area (Å²) in [7, 11) is 0. The van der Waals surface area contributed by atoms with Crippen LogP contribution in [-0.4, -0.2) is 11.9 Å². The number of carbonyl (C=O) groups excluding carboxylic acids is 1. The summed E-state index contributed by atoms with van der Waals surface area (Å²) in [6, 6.07) is 0. The molecule has 10 heavy (non-hydrogen) atoms. The lowest BCUT2D eigenvalue weighted by Crippen LogP contribution is -2.56. The van der Waals surface area contributed by atoms with Gasteiger partial charge in [-0.1, -0.05) is 20.3 Å². The Labute approximate surface area is 61.8 Å². The van der Waals surface area contributed by atoms with Crippen LogP contribution >= 0.6 is 0 Å². The van der Waals surface area contributed by atoms with Gasteiger partial charge in [-0.05, 0) is 12.3 Å². The molecular weight excluding hydrogens is 128 g/mol. The van der Waals surface area contributed by atoms with Crippen molar-refractivity contribution in [2.45, 2.75) is 32.4 Å². The largest absolute Gasteiger partial charge is 0.307 e. The Morgan fingerprint density at radius 1 is 1.60 bits per heavy atom. The van der Waals surface area contributed by atoms with Gasteiger partial charge >= 0.3 is 0 Å². The smallest absolute Gasteiger partial charge is 0.154 e. The van der Waals surface area contributed by atoms with E-state index in [1.54, 1.807) is 0 Å². The van der Waals surface area contributed by atoms with E-state index in [2.05, 4.69) is 0 Å². The van der Waals surface area contributed by atoms with Crippen molar-refractivity contribution >= 4 is 6.29 Å². The molecule has 0 spiro atoms. The van der Waals surface area contributed by atoms with Gasteiger partial charge in [0.2, 0.25) is 0 Å². The van der Waals surface area contributed by atoms with E-state index in [0.717, 1.165) is 12.8 Å². The molecule has 1 unspecified atom stereocenters. The highest BCUT2D eigenvalue weighted by Crippen LogP contribution is 2.12. The van der Waals surface area contributed by atoms with Crippen molar-refractivity contribution in [3.8, 4) is 0 Å². The quantitative estimate of drug-likeness (QED) is 0.438. The summed E-state index contributed by atoms with van der Waals surface area (Å²) in [6.45, 7) is 3.93. The first-order chi connectivity index (χ1) is 4.54. The SMILES string of the molecule is CCCC(C)C(N)(N)C=O. The van der Waals surface area contributed by atoms with E-state index >= 15 is 0 Å². The number of aldehydes is 1. The second-order valence-corrected chi connectivity index (χ2v) is 2.81. The molecule has 4 N–H and O–H groups in total. The summed E-state index contributed by atoms with van der Waals surface area (Å²) in [5.74, 6) is 0.0648. The van der Waals surface area contributed by atoms with Crippen LogP contribution < -0.4 is 11.5 Å². The van der Waals surface area contributed by atoms with E-state index in [-0.39, 0.29) is 5.92 Å². The summed E-state index contributed by atoms with van der Waals surface area (Å²) in [6.07, 6.45) is 2.52. The van der Waals surface area contributed by atoms with Crippen LogP contribution in [0.2, 0.25) is 0 Å². The molecule has 1 atom stereocenters. The van der Waals surface area contributed by atoms with Gasteiger partial charge in [0, 0.05) is 0 Å². The van der Waals surface area contributed by atoms with Crippen molar-refractivity contribution in [3.05, 3.63) is 0 Å². The third kappa shape index (κ3) is 2.45. The Morgan fingerprint density at radius 3 is 2.40 bits per heavy atom. The van der Waals surface area contributed by atoms with Crippen LogP contribution in [0.25, 0.3) is 0 Å². The summed E-state index contributed by atoms with van der Waals surface area (Å²) < 4.78 is 0. The first kappa shape index (κ1) is 9.59.